The Morgan fingerprint density at radius 2 is 0.714 bits per heavy atom. The molecule has 7 heteroatoms. The summed E-state index contributed by atoms with van der Waals surface area (Å²) in [6.45, 7) is 0. The molecule has 2 aromatic carbocycles. The molecule has 0 amide bonds. The summed E-state index contributed by atoms with van der Waals surface area (Å²) < 4.78 is 70.7. The highest BCUT2D eigenvalue weighted by Gasteiger charge is 2.30. The SMILES string of the molecule is FC(F)(F)c1ccccc1.FC(F)(F)c1ccccc1.S. The first-order chi connectivity index (χ1) is 9.21. The molecule has 0 spiro atoms. The molecular weight excluding hydrogens is 314 g/mol. The monoisotopic (exact) mass is 326 g/mol. The second kappa shape index (κ2) is 7.97. The molecule has 0 nitrogen and oxygen atoms in total. The zero-order valence-corrected chi connectivity index (χ0v) is 11.5. The minimum Gasteiger partial charge on any atom is -0.197 e. The van der Waals surface area contributed by atoms with Crippen LogP contribution in [-0.2, 0) is 12.4 Å². The Morgan fingerprint density at radius 3 is 0.857 bits per heavy atom. The van der Waals surface area contributed by atoms with Gasteiger partial charge in [0, 0.05) is 0 Å². The van der Waals surface area contributed by atoms with Crippen molar-refractivity contribution in [3.8, 4) is 0 Å². The molecule has 0 aromatic heterocycles. The van der Waals surface area contributed by atoms with Crippen LogP contribution >= 0.6 is 13.5 Å². The van der Waals surface area contributed by atoms with Crippen molar-refractivity contribution in [3.63, 3.8) is 0 Å². The van der Waals surface area contributed by atoms with E-state index in [0.29, 0.717) is 0 Å². The van der Waals surface area contributed by atoms with Crippen molar-refractivity contribution in [2.24, 2.45) is 0 Å². The molecule has 0 radical (unpaired) electrons. The summed E-state index contributed by atoms with van der Waals surface area (Å²) in [7, 11) is 0. The van der Waals surface area contributed by atoms with E-state index < -0.39 is 23.5 Å². The van der Waals surface area contributed by atoms with Gasteiger partial charge in [0.2, 0.25) is 0 Å². The molecule has 0 unspecified atom stereocenters. The van der Waals surface area contributed by atoms with Crippen molar-refractivity contribution in [1.82, 2.24) is 0 Å². The van der Waals surface area contributed by atoms with E-state index in [1.807, 2.05) is 0 Å². The minimum atomic E-state index is -4.21. The maximum Gasteiger partial charge on any atom is 0.416 e. The maximum absolute atomic E-state index is 11.8. The van der Waals surface area contributed by atoms with Gasteiger partial charge < -0.3 is 0 Å². The molecule has 0 saturated heterocycles. The topological polar surface area (TPSA) is 0 Å². The lowest BCUT2D eigenvalue weighted by Gasteiger charge is -2.03. The van der Waals surface area contributed by atoms with E-state index >= 15 is 0 Å². The number of rotatable bonds is 0. The first-order valence-electron chi connectivity index (χ1n) is 5.46. The highest BCUT2D eigenvalue weighted by Crippen LogP contribution is 2.28. The average Bonchev–Trinajstić information content (AvgIpc) is 2.40. The zero-order chi connectivity index (χ0) is 15.2. The van der Waals surface area contributed by atoms with Gasteiger partial charge in [0.1, 0.15) is 0 Å². The summed E-state index contributed by atoms with van der Waals surface area (Å²) in [6, 6.07) is 12.7. The molecule has 2 aromatic rings. The molecule has 0 aliphatic rings. The van der Waals surface area contributed by atoms with E-state index in [2.05, 4.69) is 0 Å². The lowest BCUT2D eigenvalue weighted by molar-refractivity contribution is -0.138. The second-order valence-corrected chi connectivity index (χ2v) is 3.73. The van der Waals surface area contributed by atoms with E-state index in [0.717, 1.165) is 24.3 Å². The van der Waals surface area contributed by atoms with E-state index in [1.165, 1.54) is 24.3 Å². The fraction of sp³-hybridized carbons (Fsp3) is 0.143. The van der Waals surface area contributed by atoms with Gasteiger partial charge >= 0.3 is 12.4 Å². The van der Waals surface area contributed by atoms with Crippen molar-refractivity contribution >= 4 is 13.5 Å². The van der Waals surface area contributed by atoms with Crippen LogP contribution in [0, 0.1) is 0 Å². The van der Waals surface area contributed by atoms with E-state index in [4.69, 9.17) is 0 Å². The molecule has 2 rings (SSSR count). The van der Waals surface area contributed by atoms with Gasteiger partial charge in [0.05, 0.1) is 11.1 Å². The summed E-state index contributed by atoms with van der Waals surface area (Å²) in [5, 5.41) is 0. The van der Waals surface area contributed by atoms with Gasteiger partial charge in [0.15, 0.2) is 0 Å². The van der Waals surface area contributed by atoms with Gasteiger partial charge in [-0.2, -0.15) is 39.8 Å². The van der Waals surface area contributed by atoms with Crippen LogP contribution in [0.2, 0.25) is 0 Å². The van der Waals surface area contributed by atoms with Crippen molar-refractivity contribution in [3.05, 3.63) is 71.8 Å². The van der Waals surface area contributed by atoms with Gasteiger partial charge in [-0.05, 0) is 0 Å². The third kappa shape index (κ3) is 7.08. The Balaban J connectivity index is 0.000000364. The van der Waals surface area contributed by atoms with Crippen LogP contribution < -0.4 is 0 Å². The van der Waals surface area contributed by atoms with Gasteiger partial charge in [-0.3, -0.25) is 0 Å². The summed E-state index contributed by atoms with van der Waals surface area (Å²) in [5.74, 6) is 0. The summed E-state index contributed by atoms with van der Waals surface area (Å²) in [5.41, 5.74) is -1.20. The van der Waals surface area contributed by atoms with Gasteiger partial charge in [-0.25, -0.2) is 0 Å². The fourth-order valence-corrected chi connectivity index (χ4v) is 1.25. The Bertz CT molecular complexity index is 455. The van der Waals surface area contributed by atoms with E-state index in [-0.39, 0.29) is 13.5 Å². The molecule has 0 fully saturated rings. The number of halogens is 6. The summed E-state index contributed by atoms with van der Waals surface area (Å²) in [6.07, 6.45) is -8.41. The number of hydrogen-bond donors (Lipinski definition) is 0. The third-order valence-electron chi connectivity index (χ3n) is 2.20. The lowest BCUT2D eigenvalue weighted by atomic mass is 10.2. The largest absolute Gasteiger partial charge is 0.416 e. The predicted octanol–water partition coefficient (Wildman–Crippen LogP) is 5.52. The fourth-order valence-electron chi connectivity index (χ4n) is 1.25. The Hall–Kier alpha value is -1.63. The van der Waals surface area contributed by atoms with Crippen molar-refractivity contribution in [2.75, 3.05) is 0 Å². The lowest BCUT2D eigenvalue weighted by Crippen LogP contribution is -2.03. The van der Waals surface area contributed by atoms with Gasteiger partial charge in [0.25, 0.3) is 0 Å². The van der Waals surface area contributed by atoms with Crippen LogP contribution in [-0.4, -0.2) is 0 Å². The molecule has 0 bridgehead atoms. The first kappa shape index (κ1) is 19.4. The van der Waals surface area contributed by atoms with Crippen LogP contribution in [0.15, 0.2) is 60.7 Å². The van der Waals surface area contributed by atoms with Gasteiger partial charge in [-0.1, -0.05) is 60.7 Å². The third-order valence-corrected chi connectivity index (χ3v) is 2.20. The highest BCUT2D eigenvalue weighted by atomic mass is 32.1. The maximum atomic E-state index is 11.8. The van der Waals surface area contributed by atoms with Crippen LogP contribution in [0.5, 0.6) is 0 Å². The van der Waals surface area contributed by atoms with Crippen LogP contribution in [0.25, 0.3) is 0 Å². The molecule has 0 saturated carbocycles. The zero-order valence-electron chi connectivity index (χ0n) is 10.5. The molecule has 0 aliphatic heterocycles. The van der Waals surface area contributed by atoms with Crippen LogP contribution in [0.1, 0.15) is 11.1 Å². The van der Waals surface area contributed by atoms with Crippen molar-refractivity contribution < 1.29 is 26.3 Å². The normalized spacial score (nSPS) is 11.0. The molecular formula is C14H12F6S. The molecule has 0 N–H and O–H groups in total. The number of alkyl halides is 6. The average molecular weight is 326 g/mol. The molecule has 21 heavy (non-hydrogen) atoms. The molecule has 116 valence electrons. The quantitative estimate of drug-likeness (QED) is 0.559. The highest BCUT2D eigenvalue weighted by molar-refractivity contribution is 7.59. The predicted molar refractivity (Wildman–Crippen MR) is 73.3 cm³/mol. The van der Waals surface area contributed by atoms with E-state index in [1.54, 1.807) is 12.1 Å². The smallest absolute Gasteiger partial charge is 0.197 e. The Kier molecular flexibility index (Phi) is 7.35. The number of hydrogen-bond acceptors (Lipinski definition) is 0. The van der Waals surface area contributed by atoms with Gasteiger partial charge in [-0.15, -0.1) is 0 Å². The van der Waals surface area contributed by atoms with Crippen molar-refractivity contribution in [1.29, 1.82) is 0 Å². The summed E-state index contributed by atoms with van der Waals surface area (Å²) >= 11 is 0. The first-order valence-corrected chi connectivity index (χ1v) is 5.46. The van der Waals surface area contributed by atoms with Crippen LogP contribution in [0.3, 0.4) is 0 Å². The van der Waals surface area contributed by atoms with E-state index in [9.17, 15) is 26.3 Å². The molecule has 0 atom stereocenters. The second-order valence-electron chi connectivity index (χ2n) is 3.73. The molecule has 0 heterocycles. The Morgan fingerprint density at radius 1 is 0.476 bits per heavy atom. The Labute approximate surface area is 124 Å². The standard InChI is InChI=1S/2C7H5F3.H2S/c2*8-7(9,10)6-4-2-1-3-5-6;/h2*1-5H;1H2. The minimum absolute atomic E-state index is 0. The molecule has 0 aliphatic carbocycles. The number of benzene rings is 2. The van der Waals surface area contributed by atoms with Crippen LogP contribution in [0.4, 0.5) is 26.3 Å². The summed E-state index contributed by atoms with van der Waals surface area (Å²) in [4.78, 5) is 0. The van der Waals surface area contributed by atoms with Crippen molar-refractivity contribution in [2.45, 2.75) is 12.4 Å².